The van der Waals surface area contributed by atoms with Gasteiger partial charge in [-0.1, -0.05) is 12.1 Å². The van der Waals surface area contributed by atoms with Crippen molar-refractivity contribution >= 4 is 16.9 Å². The second-order valence-corrected chi connectivity index (χ2v) is 5.31. The molecule has 1 aromatic carbocycles. The molecule has 3 rings (SSSR count). The molecule has 0 bridgehead atoms. The van der Waals surface area contributed by atoms with Gasteiger partial charge in [0.2, 0.25) is 5.95 Å². The van der Waals surface area contributed by atoms with Crippen LogP contribution in [0.3, 0.4) is 0 Å². The summed E-state index contributed by atoms with van der Waals surface area (Å²) >= 11 is 0. The molecule has 112 valence electrons. The summed E-state index contributed by atoms with van der Waals surface area (Å²) < 4.78 is 5.35. The Bertz CT molecular complexity index is 664. The fourth-order valence-corrected chi connectivity index (χ4v) is 2.56. The maximum absolute atomic E-state index is 12.0. The largest absolute Gasteiger partial charge is 0.379 e. The van der Waals surface area contributed by atoms with E-state index in [4.69, 9.17) is 4.74 Å². The summed E-state index contributed by atoms with van der Waals surface area (Å²) in [6.45, 7) is 6.37. The third kappa shape index (κ3) is 3.22. The first kappa shape index (κ1) is 14.0. The zero-order valence-corrected chi connectivity index (χ0v) is 12.1. The van der Waals surface area contributed by atoms with Gasteiger partial charge in [0.1, 0.15) is 0 Å². The summed E-state index contributed by atoms with van der Waals surface area (Å²) in [7, 11) is 0. The second-order valence-electron chi connectivity index (χ2n) is 5.31. The van der Waals surface area contributed by atoms with E-state index in [-0.39, 0.29) is 5.56 Å². The molecular formula is C15H20N4O2. The van der Waals surface area contributed by atoms with E-state index in [1.54, 1.807) is 6.07 Å². The molecule has 6 heteroatoms. The number of benzene rings is 1. The number of nitrogens with zero attached hydrogens (tertiary/aromatic N) is 2. The predicted octanol–water partition coefficient (Wildman–Crippen LogP) is 1.06. The van der Waals surface area contributed by atoms with Gasteiger partial charge in [-0.05, 0) is 19.1 Å². The SMILES string of the molecule is C[C@@H](CNc1nc2ccccc2c(=O)[nH]1)N1CCOCC1. The number of hydrogen-bond donors (Lipinski definition) is 2. The molecule has 0 amide bonds. The fourth-order valence-electron chi connectivity index (χ4n) is 2.56. The molecule has 2 aromatic rings. The van der Waals surface area contributed by atoms with Gasteiger partial charge in [0.15, 0.2) is 0 Å². The number of morpholine rings is 1. The zero-order chi connectivity index (χ0) is 14.7. The first-order chi connectivity index (χ1) is 10.2. The van der Waals surface area contributed by atoms with E-state index in [0.29, 0.717) is 22.9 Å². The average molecular weight is 288 g/mol. The summed E-state index contributed by atoms with van der Waals surface area (Å²) in [6.07, 6.45) is 0. The van der Waals surface area contributed by atoms with Gasteiger partial charge in [-0.15, -0.1) is 0 Å². The Kier molecular flexibility index (Phi) is 4.17. The topological polar surface area (TPSA) is 70.2 Å². The molecule has 6 nitrogen and oxygen atoms in total. The number of rotatable bonds is 4. The quantitative estimate of drug-likeness (QED) is 0.880. The molecule has 21 heavy (non-hydrogen) atoms. The van der Waals surface area contributed by atoms with Gasteiger partial charge in [-0.3, -0.25) is 14.7 Å². The highest BCUT2D eigenvalue weighted by atomic mass is 16.5. The van der Waals surface area contributed by atoms with Crippen molar-refractivity contribution in [3.63, 3.8) is 0 Å². The van der Waals surface area contributed by atoms with Crippen LogP contribution in [-0.4, -0.2) is 53.8 Å². The molecule has 0 aliphatic carbocycles. The average Bonchev–Trinajstić information content (AvgIpc) is 2.53. The van der Waals surface area contributed by atoms with Crippen LogP contribution in [0.5, 0.6) is 0 Å². The lowest BCUT2D eigenvalue weighted by molar-refractivity contribution is 0.0227. The number of fused-ring (bicyclic) bond motifs is 1. The standard InChI is InChI=1S/C15H20N4O2/c1-11(19-6-8-21-9-7-19)10-16-15-17-13-5-3-2-4-12(13)14(20)18-15/h2-5,11H,6-10H2,1H3,(H2,16,17,18,20)/t11-/m0/s1. The lowest BCUT2D eigenvalue weighted by atomic mass is 10.2. The van der Waals surface area contributed by atoms with Crippen LogP contribution < -0.4 is 10.9 Å². The van der Waals surface area contributed by atoms with E-state index < -0.39 is 0 Å². The van der Waals surface area contributed by atoms with Gasteiger partial charge >= 0.3 is 0 Å². The summed E-state index contributed by atoms with van der Waals surface area (Å²) in [5.74, 6) is 0.527. The third-order valence-electron chi connectivity index (χ3n) is 3.85. The summed E-state index contributed by atoms with van der Waals surface area (Å²) in [5, 5.41) is 3.84. The molecule has 0 spiro atoms. The van der Waals surface area contributed by atoms with Crippen LogP contribution >= 0.6 is 0 Å². The Morgan fingerprint density at radius 2 is 2.14 bits per heavy atom. The lowest BCUT2D eigenvalue weighted by Gasteiger charge is -2.32. The fraction of sp³-hybridized carbons (Fsp3) is 0.467. The molecule has 1 aromatic heterocycles. The van der Waals surface area contributed by atoms with Crippen LogP contribution in [0.1, 0.15) is 6.92 Å². The normalized spacial score (nSPS) is 17.8. The van der Waals surface area contributed by atoms with Crippen LogP contribution in [-0.2, 0) is 4.74 Å². The van der Waals surface area contributed by atoms with Crippen molar-refractivity contribution < 1.29 is 4.74 Å². The van der Waals surface area contributed by atoms with Gasteiger partial charge in [-0.25, -0.2) is 4.98 Å². The van der Waals surface area contributed by atoms with E-state index in [1.807, 2.05) is 18.2 Å². The number of aromatic nitrogens is 2. The number of H-pyrrole nitrogens is 1. The van der Waals surface area contributed by atoms with E-state index in [0.717, 1.165) is 32.8 Å². The minimum Gasteiger partial charge on any atom is -0.379 e. The van der Waals surface area contributed by atoms with Crippen molar-refractivity contribution in [2.75, 3.05) is 38.2 Å². The second kappa shape index (κ2) is 6.24. The molecule has 1 aliphatic rings. The van der Waals surface area contributed by atoms with Crippen LogP contribution in [0.15, 0.2) is 29.1 Å². The van der Waals surface area contributed by atoms with Crippen LogP contribution in [0.2, 0.25) is 0 Å². The molecular weight excluding hydrogens is 268 g/mol. The van der Waals surface area contributed by atoms with Gasteiger partial charge in [-0.2, -0.15) is 0 Å². The number of aromatic amines is 1. The van der Waals surface area contributed by atoms with Gasteiger partial charge in [0.25, 0.3) is 5.56 Å². The maximum Gasteiger partial charge on any atom is 0.260 e. The Labute approximate surface area is 123 Å². The summed E-state index contributed by atoms with van der Waals surface area (Å²) in [4.78, 5) is 21.6. The number of anilines is 1. The Morgan fingerprint density at radius 3 is 2.95 bits per heavy atom. The highest BCUT2D eigenvalue weighted by Gasteiger charge is 2.16. The molecule has 2 heterocycles. The molecule has 1 aliphatic heterocycles. The highest BCUT2D eigenvalue weighted by molar-refractivity contribution is 5.78. The monoisotopic (exact) mass is 288 g/mol. The lowest BCUT2D eigenvalue weighted by Crippen LogP contribution is -2.45. The zero-order valence-electron chi connectivity index (χ0n) is 12.1. The molecule has 2 N–H and O–H groups in total. The highest BCUT2D eigenvalue weighted by Crippen LogP contribution is 2.09. The number of para-hydroxylation sites is 1. The maximum atomic E-state index is 12.0. The van der Waals surface area contributed by atoms with E-state index >= 15 is 0 Å². The van der Waals surface area contributed by atoms with Crippen molar-refractivity contribution in [3.05, 3.63) is 34.6 Å². The molecule has 1 fully saturated rings. The van der Waals surface area contributed by atoms with Crippen LogP contribution in [0.25, 0.3) is 10.9 Å². The molecule has 0 unspecified atom stereocenters. The number of hydrogen-bond acceptors (Lipinski definition) is 5. The predicted molar refractivity (Wildman–Crippen MR) is 82.7 cm³/mol. The molecule has 0 radical (unpaired) electrons. The van der Waals surface area contributed by atoms with Crippen LogP contribution in [0.4, 0.5) is 5.95 Å². The number of ether oxygens (including phenoxy) is 1. The van der Waals surface area contributed by atoms with Crippen LogP contribution in [0, 0.1) is 0 Å². The van der Waals surface area contributed by atoms with Gasteiger partial charge in [0.05, 0.1) is 24.1 Å². The summed E-state index contributed by atoms with van der Waals surface area (Å²) in [5.41, 5.74) is 0.602. The Balaban J connectivity index is 1.69. The van der Waals surface area contributed by atoms with Crippen molar-refractivity contribution in [1.82, 2.24) is 14.9 Å². The van der Waals surface area contributed by atoms with Crippen molar-refractivity contribution in [1.29, 1.82) is 0 Å². The smallest absolute Gasteiger partial charge is 0.260 e. The van der Waals surface area contributed by atoms with E-state index in [1.165, 1.54) is 0 Å². The minimum absolute atomic E-state index is 0.109. The van der Waals surface area contributed by atoms with Crippen molar-refractivity contribution in [2.24, 2.45) is 0 Å². The van der Waals surface area contributed by atoms with Crippen molar-refractivity contribution in [3.8, 4) is 0 Å². The summed E-state index contributed by atoms with van der Waals surface area (Å²) in [6, 6.07) is 7.72. The van der Waals surface area contributed by atoms with Gasteiger partial charge in [0, 0.05) is 25.7 Å². The molecule has 0 saturated carbocycles. The Hall–Kier alpha value is -1.92. The van der Waals surface area contributed by atoms with E-state index in [9.17, 15) is 4.79 Å². The first-order valence-electron chi connectivity index (χ1n) is 7.29. The minimum atomic E-state index is -0.109. The van der Waals surface area contributed by atoms with E-state index in [2.05, 4.69) is 27.1 Å². The third-order valence-corrected chi connectivity index (χ3v) is 3.85. The van der Waals surface area contributed by atoms with Gasteiger partial charge < -0.3 is 10.1 Å². The first-order valence-corrected chi connectivity index (χ1v) is 7.29. The molecule has 1 saturated heterocycles. The Morgan fingerprint density at radius 1 is 1.38 bits per heavy atom. The molecule has 1 atom stereocenters. The number of nitrogens with one attached hydrogen (secondary N) is 2. The van der Waals surface area contributed by atoms with Crippen molar-refractivity contribution in [2.45, 2.75) is 13.0 Å².